The summed E-state index contributed by atoms with van der Waals surface area (Å²) in [5.74, 6) is -0.431. The van der Waals surface area contributed by atoms with Crippen molar-refractivity contribution in [2.75, 3.05) is 5.73 Å². The number of fused-ring (bicyclic) bond motifs is 1. The molecule has 78 valence electrons. The van der Waals surface area contributed by atoms with Crippen molar-refractivity contribution in [2.45, 2.75) is 13.3 Å². The van der Waals surface area contributed by atoms with Crippen LogP contribution < -0.4 is 5.73 Å². The molecule has 0 saturated carbocycles. The molecule has 4 heteroatoms. The minimum atomic E-state index is -0.431. The third kappa shape index (κ3) is 1.75. The van der Waals surface area contributed by atoms with E-state index < -0.39 is 5.82 Å². The van der Waals surface area contributed by atoms with Crippen molar-refractivity contribution in [3.8, 4) is 0 Å². The van der Waals surface area contributed by atoms with Crippen LogP contribution >= 0.6 is 11.6 Å². The molecule has 1 aromatic carbocycles. The number of anilines is 1. The van der Waals surface area contributed by atoms with E-state index in [0.717, 1.165) is 12.1 Å². The molecule has 0 amide bonds. The van der Waals surface area contributed by atoms with Gasteiger partial charge < -0.3 is 5.73 Å². The SMILES string of the molecule is CCc1cc(N)c2cc(Cl)cc(F)c2n1. The highest BCUT2D eigenvalue weighted by molar-refractivity contribution is 6.31. The monoisotopic (exact) mass is 224 g/mol. The summed E-state index contributed by atoms with van der Waals surface area (Å²) in [6.45, 7) is 1.95. The van der Waals surface area contributed by atoms with Crippen LogP contribution in [0.1, 0.15) is 12.6 Å². The number of benzene rings is 1. The first kappa shape index (κ1) is 10.2. The summed E-state index contributed by atoms with van der Waals surface area (Å²) in [6.07, 6.45) is 0.724. The third-order valence-electron chi connectivity index (χ3n) is 2.28. The van der Waals surface area contributed by atoms with E-state index in [9.17, 15) is 4.39 Å². The number of pyridine rings is 1. The molecule has 0 fully saturated rings. The molecule has 0 bridgehead atoms. The Balaban J connectivity index is 2.85. The standard InChI is InChI=1S/C11H10ClFN2/c1-2-7-5-10(14)8-3-6(12)4-9(13)11(8)15-7/h3-5H,2H2,1H3,(H2,14,15). The Morgan fingerprint density at radius 1 is 1.40 bits per heavy atom. The van der Waals surface area contributed by atoms with Crippen molar-refractivity contribution in [3.63, 3.8) is 0 Å². The molecule has 0 aliphatic carbocycles. The van der Waals surface area contributed by atoms with E-state index in [1.165, 1.54) is 6.07 Å². The maximum Gasteiger partial charge on any atom is 0.150 e. The van der Waals surface area contributed by atoms with Crippen LogP contribution in [-0.4, -0.2) is 4.98 Å². The first-order valence-electron chi connectivity index (χ1n) is 4.66. The summed E-state index contributed by atoms with van der Waals surface area (Å²) in [6, 6.07) is 4.62. The van der Waals surface area contributed by atoms with Gasteiger partial charge in [-0.3, -0.25) is 0 Å². The number of nitrogen functional groups attached to an aromatic ring is 1. The smallest absolute Gasteiger partial charge is 0.150 e. The van der Waals surface area contributed by atoms with Crippen molar-refractivity contribution in [3.05, 3.63) is 34.7 Å². The van der Waals surface area contributed by atoms with Crippen LogP contribution in [0, 0.1) is 5.82 Å². The number of hydrogen-bond acceptors (Lipinski definition) is 2. The summed E-state index contributed by atoms with van der Waals surface area (Å²) in [4.78, 5) is 4.18. The molecule has 2 nitrogen and oxygen atoms in total. The molecule has 0 saturated heterocycles. The first-order valence-corrected chi connectivity index (χ1v) is 5.03. The van der Waals surface area contributed by atoms with Crippen molar-refractivity contribution < 1.29 is 4.39 Å². The van der Waals surface area contributed by atoms with Crippen LogP contribution in [0.2, 0.25) is 5.02 Å². The predicted octanol–water partition coefficient (Wildman–Crippen LogP) is 3.17. The van der Waals surface area contributed by atoms with Crippen molar-refractivity contribution >= 4 is 28.2 Å². The Morgan fingerprint density at radius 3 is 2.80 bits per heavy atom. The Morgan fingerprint density at radius 2 is 2.13 bits per heavy atom. The second-order valence-corrected chi connectivity index (χ2v) is 3.78. The molecule has 0 atom stereocenters. The van der Waals surface area contributed by atoms with Gasteiger partial charge in [-0.05, 0) is 24.6 Å². The quantitative estimate of drug-likeness (QED) is 0.808. The largest absolute Gasteiger partial charge is 0.398 e. The highest BCUT2D eigenvalue weighted by Crippen LogP contribution is 2.26. The molecule has 0 aliphatic heterocycles. The minimum absolute atomic E-state index is 0.288. The zero-order valence-corrected chi connectivity index (χ0v) is 8.98. The fourth-order valence-corrected chi connectivity index (χ4v) is 1.72. The fourth-order valence-electron chi connectivity index (χ4n) is 1.51. The summed E-state index contributed by atoms with van der Waals surface area (Å²) < 4.78 is 13.5. The van der Waals surface area contributed by atoms with E-state index >= 15 is 0 Å². The van der Waals surface area contributed by atoms with Gasteiger partial charge in [0.1, 0.15) is 5.52 Å². The predicted molar refractivity (Wildman–Crippen MR) is 60.5 cm³/mol. The van der Waals surface area contributed by atoms with E-state index in [4.69, 9.17) is 17.3 Å². The van der Waals surface area contributed by atoms with Gasteiger partial charge in [0.2, 0.25) is 0 Å². The molecule has 1 aromatic heterocycles. The molecule has 0 aliphatic rings. The maximum atomic E-state index is 13.5. The zero-order valence-electron chi connectivity index (χ0n) is 8.22. The topological polar surface area (TPSA) is 38.9 Å². The van der Waals surface area contributed by atoms with E-state index in [2.05, 4.69) is 4.98 Å². The lowest BCUT2D eigenvalue weighted by molar-refractivity contribution is 0.636. The van der Waals surface area contributed by atoms with Gasteiger partial charge in [-0.1, -0.05) is 18.5 Å². The Labute approximate surface area is 91.9 Å². The van der Waals surface area contributed by atoms with Gasteiger partial charge in [0.15, 0.2) is 5.82 Å². The van der Waals surface area contributed by atoms with Crippen LogP contribution in [0.15, 0.2) is 18.2 Å². The van der Waals surface area contributed by atoms with Crippen LogP contribution in [0.5, 0.6) is 0 Å². The molecule has 2 rings (SSSR count). The second kappa shape index (κ2) is 3.66. The van der Waals surface area contributed by atoms with Gasteiger partial charge in [-0.15, -0.1) is 0 Å². The minimum Gasteiger partial charge on any atom is -0.398 e. The van der Waals surface area contributed by atoms with E-state index in [-0.39, 0.29) is 5.52 Å². The van der Waals surface area contributed by atoms with Crippen LogP contribution in [0.4, 0.5) is 10.1 Å². The van der Waals surface area contributed by atoms with Gasteiger partial charge in [-0.25, -0.2) is 9.37 Å². The number of nitrogens with two attached hydrogens (primary N) is 1. The average Bonchev–Trinajstić information content (AvgIpc) is 2.19. The van der Waals surface area contributed by atoms with Crippen LogP contribution in [0.25, 0.3) is 10.9 Å². The summed E-state index contributed by atoms with van der Waals surface area (Å²) >= 11 is 5.75. The van der Waals surface area contributed by atoms with Gasteiger partial charge in [0.25, 0.3) is 0 Å². The molecule has 15 heavy (non-hydrogen) atoms. The van der Waals surface area contributed by atoms with Crippen molar-refractivity contribution in [1.82, 2.24) is 4.98 Å². The number of hydrogen-bond donors (Lipinski definition) is 1. The average molecular weight is 225 g/mol. The van der Waals surface area contributed by atoms with Gasteiger partial charge in [-0.2, -0.15) is 0 Å². The molecule has 0 radical (unpaired) electrons. The van der Waals surface area contributed by atoms with Crippen molar-refractivity contribution in [1.29, 1.82) is 0 Å². The number of aromatic nitrogens is 1. The highest BCUT2D eigenvalue weighted by Gasteiger charge is 2.08. The lowest BCUT2D eigenvalue weighted by Gasteiger charge is -2.06. The maximum absolute atomic E-state index is 13.5. The van der Waals surface area contributed by atoms with Crippen LogP contribution in [-0.2, 0) is 6.42 Å². The van der Waals surface area contributed by atoms with Gasteiger partial charge in [0, 0.05) is 21.8 Å². The van der Waals surface area contributed by atoms with Gasteiger partial charge in [0.05, 0.1) is 0 Å². The summed E-state index contributed by atoms with van der Waals surface area (Å²) in [5.41, 5.74) is 7.38. The molecule has 0 unspecified atom stereocenters. The van der Waals surface area contributed by atoms with E-state index in [1.54, 1.807) is 12.1 Å². The molecular formula is C11H10ClFN2. The highest BCUT2D eigenvalue weighted by atomic mass is 35.5. The lowest BCUT2D eigenvalue weighted by atomic mass is 10.1. The number of halogens is 2. The van der Waals surface area contributed by atoms with Crippen LogP contribution in [0.3, 0.4) is 0 Å². The Bertz CT molecular complexity index is 525. The van der Waals surface area contributed by atoms with Crippen molar-refractivity contribution in [2.24, 2.45) is 0 Å². The number of aryl methyl sites for hydroxylation is 1. The zero-order chi connectivity index (χ0) is 11.0. The summed E-state index contributed by atoms with van der Waals surface area (Å²) in [7, 11) is 0. The summed E-state index contributed by atoms with van der Waals surface area (Å²) in [5, 5.41) is 0.898. The number of nitrogens with zero attached hydrogens (tertiary/aromatic N) is 1. The molecular weight excluding hydrogens is 215 g/mol. The second-order valence-electron chi connectivity index (χ2n) is 3.34. The normalized spacial score (nSPS) is 10.9. The van der Waals surface area contributed by atoms with E-state index in [0.29, 0.717) is 16.1 Å². The Hall–Kier alpha value is -1.35. The van der Waals surface area contributed by atoms with E-state index in [1.807, 2.05) is 6.92 Å². The van der Waals surface area contributed by atoms with Gasteiger partial charge >= 0.3 is 0 Å². The first-order chi connectivity index (χ1) is 7.11. The number of rotatable bonds is 1. The fraction of sp³-hybridized carbons (Fsp3) is 0.182. The Kier molecular flexibility index (Phi) is 2.49. The molecule has 2 aromatic rings. The lowest BCUT2D eigenvalue weighted by Crippen LogP contribution is -1.96. The molecule has 0 spiro atoms. The molecule has 1 heterocycles. The third-order valence-corrected chi connectivity index (χ3v) is 2.50. The molecule has 2 N–H and O–H groups in total.